The zero-order valence-corrected chi connectivity index (χ0v) is 8.23. The quantitative estimate of drug-likeness (QED) is 0.402. The molecule has 0 unspecified atom stereocenters. The van der Waals surface area contributed by atoms with Gasteiger partial charge in [-0.05, 0) is 12.1 Å². The lowest BCUT2D eigenvalue weighted by atomic mass is 10.3. The van der Waals surface area contributed by atoms with Gasteiger partial charge in [0.15, 0.2) is 0 Å². The van der Waals surface area contributed by atoms with Crippen LogP contribution in [0.2, 0.25) is 0 Å². The number of hydrogen-bond acceptors (Lipinski definition) is 5. The predicted octanol–water partition coefficient (Wildman–Crippen LogP) is -0.643. The number of sulfonamides is 1. The molecule has 14 heavy (non-hydrogen) atoms. The Balaban J connectivity index is 2.99. The average molecular weight is 215 g/mol. The van der Waals surface area contributed by atoms with Gasteiger partial charge in [-0.2, -0.15) is 4.41 Å². The van der Waals surface area contributed by atoms with Crippen LogP contribution in [0.15, 0.2) is 24.5 Å². The summed E-state index contributed by atoms with van der Waals surface area (Å²) in [5.41, 5.74) is 0.125. The largest absolute Gasteiger partial charge is 0.283 e. The minimum atomic E-state index is -3.72. The van der Waals surface area contributed by atoms with Gasteiger partial charge >= 0.3 is 0 Å². The third kappa shape index (κ3) is 2.27. The summed E-state index contributed by atoms with van der Waals surface area (Å²) < 4.78 is 22.0. The van der Waals surface area contributed by atoms with Gasteiger partial charge in [-0.3, -0.25) is 9.78 Å². The number of rotatable bonds is 2. The molecule has 1 heterocycles. The highest BCUT2D eigenvalue weighted by molar-refractivity contribution is 7.88. The average Bonchev–Trinajstić information content (AvgIpc) is 2.15. The van der Waals surface area contributed by atoms with Crippen LogP contribution in [0.25, 0.3) is 0 Å². The number of carbonyl (C=O) groups is 1. The molecule has 1 aromatic heterocycles. The molecule has 6 nitrogen and oxygen atoms in total. The monoisotopic (exact) mass is 215 g/mol. The number of pyridine rings is 1. The van der Waals surface area contributed by atoms with Gasteiger partial charge in [0.1, 0.15) is 0 Å². The topological polar surface area (TPSA) is 93.4 Å². The summed E-state index contributed by atoms with van der Waals surface area (Å²) in [7, 11) is -3.72. The van der Waals surface area contributed by atoms with E-state index in [1.54, 1.807) is 0 Å². The van der Waals surface area contributed by atoms with Crippen molar-refractivity contribution in [1.82, 2.24) is 9.40 Å². The summed E-state index contributed by atoms with van der Waals surface area (Å²) in [6, 6.07) is 2.95. The first-order chi connectivity index (χ1) is 6.43. The first-order valence-corrected chi connectivity index (χ1v) is 5.47. The number of nitrogens with zero attached hydrogens (tertiary/aromatic N) is 2. The Morgan fingerprint density at radius 3 is 2.64 bits per heavy atom. The predicted molar refractivity (Wildman–Crippen MR) is 49.4 cm³/mol. The van der Waals surface area contributed by atoms with Gasteiger partial charge in [-0.1, -0.05) is 0 Å². The van der Waals surface area contributed by atoms with E-state index in [-0.39, 0.29) is 9.98 Å². The Morgan fingerprint density at radius 2 is 2.21 bits per heavy atom. The number of hydrogen-bond donors (Lipinski definition) is 1. The maximum Gasteiger partial charge on any atom is 0.283 e. The van der Waals surface area contributed by atoms with E-state index in [1.807, 2.05) is 0 Å². The van der Waals surface area contributed by atoms with Crippen molar-refractivity contribution in [2.75, 3.05) is 6.26 Å². The maximum absolute atomic E-state index is 11.4. The van der Waals surface area contributed by atoms with E-state index in [1.165, 1.54) is 24.5 Å². The normalized spacial score (nSPS) is 11.0. The molecular formula is C7H9N3O3S. The van der Waals surface area contributed by atoms with E-state index >= 15 is 0 Å². The Labute approximate surface area is 81.4 Å². The molecule has 0 bridgehead atoms. The SMILES string of the molecule is CS(=O)(=O)N(N)C(=O)c1cccnc1. The van der Waals surface area contributed by atoms with Gasteiger partial charge in [0, 0.05) is 12.4 Å². The molecule has 0 saturated heterocycles. The fourth-order valence-electron chi connectivity index (χ4n) is 0.767. The molecule has 0 aliphatic heterocycles. The Kier molecular flexibility index (Phi) is 2.82. The fraction of sp³-hybridized carbons (Fsp3) is 0.143. The number of amides is 1. The van der Waals surface area contributed by atoms with E-state index < -0.39 is 15.9 Å². The first kappa shape index (κ1) is 10.6. The Morgan fingerprint density at radius 1 is 1.57 bits per heavy atom. The molecule has 2 N–H and O–H groups in total. The first-order valence-electron chi connectivity index (χ1n) is 3.62. The van der Waals surface area contributed by atoms with E-state index in [0.29, 0.717) is 0 Å². The van der Waals surface area contributed by atoms with E-state index in [9.17, 15) is 13.2 Å². The summed E-state index contributed by atoms with van der Waals surface area (Å²) in [4.78, 5) is 15.0. The highest BCUT2D eigenvalue weighted by atomic mass is 32.2. The number of aromatic nitrogens is 1. The van der Waals surface area contributed by atoms with Gasteiger partial charge in [0.25, 0.3) is 5.91 Å². The van der Waals surface area contributed by atoms with Crippen LogP contribution in [0, 0.1) is 0 Å². The van der Waals surface area contributed by atoms with Crippen LogP contribution in [0.4, 0.5) is 0 Å². The van der Waals surface area contributed by atoms with Crippen molar-refractivity contribution in [3.63, 3.8) is 0 Å². The van der Waals surface area contributed by atoms with E-state index in [4.69, 9.17) is 5.84 Å². The summed E-state index contributed by atoms with van der Waals surface area (Å²) in [5.74, 6) is 4.29. The number of hydrazine groups is 1. The van der Waals surface area contributed by atoms with Crippen LogP contribution in [0.5, 0.6) is 0 Å². The minimum absolute atomic E-state index is 0.125. The zero-order valence-electron chi connectivity index (χ0n) is 7.41. The lowest BCUT2D eigenvalue weighted by Gasteiger charge is -2.12. The van der Waals surface area contributed by atoms with Crippen LogP contribution in [-0.4, -0.2) is 30.0 Å². The van der Waals surface area contributed by atoms with Crippen LogP contribution in [0.3, 0.4) is 0 Å². The highest BCUT2D eigenvalue weighted by Crippen LogP contribution is 2.02. The van der Waals surface area contributed by atoms with Crippen molar-refractivity contribution in [2.45, 2.75) is 0 Å². The van der Waals surface area contributed by atoms with Gasteiger partial charge in [-0.25, -0.2) is 14.3 Å². The van der Waals surface area contributed by atoms with Crippen LogP contribution in [0.1, 0.15) is 10.4 Å². The molecule has 0 aliphatic rings. The molecule has 76 valence electrons. The molecule has 0 fully saturated rings. The molecule has 0 atom stereocenters. The summed E-state index contributed by atoms with van der Waals surface area (Å²) in [6.45, 7) is 0. The smallest absolute Gasteiger partial charge is 0.266 e. The summed E-state index contributed by atoms with van der Waals surface area (Å²) in [6.07, 6.45) is 3.56. The molecule has 0 saturated carbocycles. The number of nitrogens with two attached hydrogens (primary N) is 1. The highest BCUT2D eigenvalue weighted by Gasteiger charge is 2.20. The molecule has 0 aliphatic carbocycles. The molecule has 1 rings (SSSR count). The third-order valence-electron chi connectivity index (χ3n) is 1.47. The fourth-order valence-corrected chi connectivity index (χ4v) is 1.17. The second-order valence-corrected chi connectivity index (χ2v) is 4.47. The lowest BCUT2D eigenvalue weighted by Crippen LogP contribution is -2.41. The molecule has 0 spiro atoms. The molecule has 0 radical (unpaired) electrons. The molecule has 1 aromatic rings. The second-order valence-electron chi connectivity index (χ2n) is 2.61. The summed E-state index contributed by atoms with van der Waals surface area (Å²) >= 11 is 0. The van der Waals surface area contributed by atoms with Crippen molar-refractivity contribution in [3.8, 4) is 0 Å². The van der Waals surface area contributed by atoms with Gasteiger partial charge < -0.3 is 0 Å². The van der Waals surface area contributed by atoms with Crippen LogP contribution in [-0.2, 0) is 10.0 Å². The molecule has 0 aromatic carbocycles. The van der Waals surface area contributed by atoms with Crippen LogP contribution < -0.4 is 5.84 Å². The second kappa shape index (κ2) is 3.72. The third-order valence-corrected chi connectivity index (χ3v) is 2.35. The maximum atomic E-state index is 11.4. The number of carbonyl (C=O) groups excluding carboxylic acids is 1. The molecular weight excluding hydrogens is 206 g/mol. The van der Waals surface area contributed by atoms with Crippen molar-refractivity contribution in [3.05, 3.63) is 30.1 Å². The zero-order chi connectivity index (χ0) is 10.8. The van der Waals surface area contributed by atoms with Gasteiger partial charge in [0.05, 0.1) is 11.8 Å². The van der Waals surface area contributed by atoms with Crippen LogP contribution >= 0.6 is 0 Å². The van der Waals surface area contributed by atoms with Crippen molar-refractivity contribution >= 4 is 15.9 Å². The standard InChI is InChI=1S/C7H9N3O3S/c1-14(12,13)10(8)7(11)6-3-2-4-9-5-6/h2-5H,8H2,1H3. The minimum Gasteiger partial charge on any atom is -0.266 e. The molecule has 7 heteroatoms. The van der Waals surface area contributed by atoms with E-state index in [2.05, 4.69) is 4.98 Å². The lowest BCUT2D eigenvalue weighted by molar-refractivity contribution is 0.0862. The Hall–Kier alpha value is -1.47. The van der Waals surface area contributed by atoms with Crippen molar-refractivity contribution in [2.24, 2.45) is 5.84 Å². The van der Waals surface area contributed by atoms with Gasteiger partial charge in [-0.15, -0.1) is 0 Å². The van der Waals surface area contributed by atoms with Crippen molar-refractivity contribution < 1.29 is 13.2 Å². The Bertz CT molecular complexity index is 429. The van der Waals surface area contributed by atoms with Crippen molar-refractivity contribution in [1.29, 1.82) is 0 Å². The molecule has 1 amide bonds. The van der Waals surface area contributed by atoms with Gasteiger partial charge in [0.2, 0.25) is 10.0 Å². The van der Waals surface area contributed by atoms with E-state index in [0.717, 1.165) is 6.26 Å². The summed E-state index contributed by atoms with van der Waals surface area (Å²) in [5, 5.41) is 0.